The third-order valence-corrected chi connectivity index (χ3v) is 6.71. The Morgan fingerprint density at radius 2 is 1.88 bits per heavy atom. The quantitative estimate of drug-likeness (QED) is 0.617. The lowest BCUT2D eigenvalue weighted by atomic mass is 9.82. The second-order valence-corrected chi connectivity index (χ2v) is 10.4. The number of nitrogens with zero attached hydrogens (tertiary/aromatic N) is 5. The predicted molar refractivity (Wildman–Crippen MR) is 132 cm³/mol. The number of anilines is 1. The maximum absolute atomic E-state index is 12.1. The molecule has 0 unspecified atom stereocenters. The predicted octanol–water partition coefficient (Wildman–Crippen LogP) is 3.77. The van der Waals surface area contributed by atoms with Crippen molar-refractivity contribution in [2.75, 3.05) is 44.2 Å². The summed E-state index contributed by atoms with van der Waals surface area (Å²) in [6.07, 6.45) is 7.54. The van der Waals surface area contributed by atoms with E-state index in [-0.39, 0.29) is 11.3 Å². The molecule has 1 N–H and O–H groups in total. The monoisotopic (exact) mass is 450 g/mol. The van der Waals surface area contributed by atoms with Gasteiger partial charge in [0.05, 0.1) is 0 Å². The van der Waals surface area contributed by atoms with Crippen LogP contribution in [-0.2, 0) is 5.41 Å². The second-order valence-electron chi connectivity index (χ2n) is 10.4. The van der Waals surface area contributed by atoms with Gasteiger partial charge >= 0.3 is 0 Å². The summed E-state index contributed by atoms with van der Waals surface area (Å²) in [7, 11) is 0. The van der Waals surface area contributed by atoms with Crippen LogP contribution in [0.1, 0.15) is 80.8 Å². The van der Waals surface area contributed by atoms with Crippen molar-refractivity contribution in [3.05, 3.63) is 47.7 Å². The highest BCUT2D eigenvalue weighted by molar-refractivity contribution is 5.92. The summed E-state index contributed by atoms with van der Waals surface area (Å²) in [5.74, 6) is 2.60. The summed E-state index contributed by atoms with van der Waals surface area (Å²) >= 11 is 0. The first kappa shape index (κ1) is 23.6. The van der Waals surface area contributed by atoms with Crippen molar-refractivity contribution in [1.29, 1.82) is 0 Å². The molecule has 2 fully saturated rings. The summed E-state index contributed by atoms with van der Waals surface area (Å²) in [4.78, 5) is 31.0. The van der Waals surface area contributed by atoms with E-state index in [2.05, 4.69) is 46.9 Å². The second kappa shape index (κ2) is 10.6. The van der Waals surface area contributed by atoms with Crippen LogP contribution < -0.4 is 10.2 Å². The van der Waals surface area contributed by atoms with E-state index in [0.717, 1.165) is 57.2 Å². The van der Waals surface area contributed by atoms with Crippen molar-refractivity contribution in [3.63, 3.8) is 0 Å². The molecule has 0 atom stereocenters. The summed E-state index contributed by atoms with van der Waals surface area (Å²) in [5.41, 5.74) is 1.68. The van der Waals surface area contributed by atoms with Crippen LogP contribution >= 0.6 is 0 Å². The number of unbranched alkanes of at least 4 members (excludes halogenated alkanes) is 1. The number of pyridine rings is 1. The molecule has 3 heterocycles. The highest BCUT2D eigenvalue weighted by Gasteiger charge is 2.27. The van der Waals surface area contributed by atoms with Crippen molar-refractivity contribution in [2.45, 2.75) is 64.2 Å². The van der Waals surface area contributed by atoms with Gasteiger partial charge in [0, 0.05) is 62.0 Å². The smallest absolute Gasteiger partial charge is 0.269 e. The van der Waals surface area contributed by atoms with Crippen LogP contribution in [0.25, 0.3) is 0 Å². The van der Waals surface area contributed by atoms with Crippen molar-refractivity contribution < 1.29 is 4.79 Å². The van der Waals surface area contributed by atoms with Crippen LogP contribution in [0.15, 0.2) is 30.5 Å². The van der Waals surface area contributed by atoms with Gasteiger partial charge < -0.3 is 10.2 Å². The van der Waals surface area contributed by atoms with Gasteiger partial charge in [-0.05, 0) is 44.4 Å². The van der Waals surface area contributed by atoms with Crippen LogP contribution in [0.3, 0.4) is 0 Å². The summed E-state index contributed by atoms with van der Waals surface area (Å²) in [6, 6.07) is 7.64. The molecule has 4 rings (SSSR count). The van der Waals surface area contributed by atoms with Crippen molar-refractivity contribution in [1.82, 2.24) is 25.2 Å². The van der Waals surface area contributed by atoms with Crippen molar-refractivity contribution in [3.8, 4) is 0 Å². The summed E-state index contributed by atoms with van der Waals surface area (Å²) in [6.45, 7) is 12.5. The van der Waals surface area contributed by atoms with Crippen molar-refractivity contribution in [2.24, 2.45) is 0 Å². The Hall–Kier alpha value is -2.54. The van der Waals surface area contributed by atoms with E-state index in [1.165, 1.54) is 25.0 Å². The highest BCUT2D eigenvalue weighted by atomic mass is 16.1. The van der Waals surface area contributed by atoms with E-state index in [1.54, 1.807) is 12.3 Å². The van der Waals surface area contributed by atoms with Gasteiger partial charge in [0.15, 0.2) is 0 Å². The lowest BCUT2D eigenvalue weighted by Gasteiger charge is -2.36. The Kier molecular flexibility index (Phi) is 7.58. The van der Waals surface area contributed by atoms with Gasteiger partial charge in [-0.15, -0.1) is 0 Å². The number of rotatable bonds is 8. The van der Waals surface area contributed by atoms with E-state index >= 15 is 0 Å². The molecule has 0 aromatic carbocycles. The van der Waals surface area contributed by atoms with E-state index in [9.17, 15) is 4.79 Å². The molecule has 178 valence electrons. The van der Waals surface area contributed by atoms with E-state index < -0.39 is 0 Å². The van der Waals surface area contributed by atoms with Gasteiger partial charge in [0.2, 0.25) is 0 Å². The molecule has 1 saturated carbocycles. The zero-order valence-corrected chi connectivity index (χ0v) is 20.4. The molecule has 1 aliphatic heterocycles. The Balaban J connectivity index is 1.22. The topological polar surface area (TPSA) is 74.2 Å². The largest absolute Gasteiger partial charge is 0.354 e. The standard InChI is InChI=1S/C26H38N6O/c1-26(2,3)25-29-22(20-9-8-10-20)19-23(30-25)32-17-15-31(16-18-32)14-7-6-13-28-24(33)21-11-4-5-12-27-21/h4-5,11-12,19-20H,6-10,13-18H2,1-3H3,(H,28,33). The van der Waals surface area contributed by atoms with Gasteiger partial charge in [0.25, 0.3) is 5.91 Å². The minimum Gasteiger partial charge on any atom is -0.354 e. The van der Waals surface area contributed by atoms with Crippen LogP contribution in [-0.4, -0.2) is 65.0 Å². The Morgan fingerprint density at radius 1 is 1.09 bits per heavy atom. The van der Waals surface area contributed by atoms with E-state index in [1.807, 2.05) is 12.1 Å². The van der Waals surface area contributed by atoms with Crippen LogP contribution in [0.4, 0.5) is 5.82 Å². The lowest BCUT2D eigenvalue weighted by molar-refractivity contribution is 0.0947. The number of hydrogen-bond donors (Lipinski definition) is 1. The molecule has 1 amide bonds. The molecule has 2 aromatic heterocycles. The average Bonchev–Trinajstić information content (AvgIpc) is 2.78. The van der Waals surface area contributed by atoms with E-state index in [4.69, 9.17) is 9.97 Å². The molecule has 1 saturated heterocycles. The number of hydrogen-bond acceptors (Lipinski definition) is 6. The normalized spacial score (nSPS) is 17.6. The Bertz CT molecular complexity index is 914. The number of amides is 1. The number of piperazine rings is 1. The molecule has 33 heavy (non-hydrogen) atoms. The first-order valence-corrected chi connectivity index (χ1v) is 12.5. The molecule has 0 spiro atoms. The molecule has 0 bridgehead atoms. The SMILES string of the molecule is CC(C)(C)c1nc(C2CCC2)cc(N2CCN(CCCCNC(=O)c3ccccn3)CC2)n1. The molecule has 0 radical (unpaired) electrons. The minimum absolute atomic E-state index is 0.0394. The van der Waals surface area contributed by atoms with E-state index in [0.29, 0.717) is 18.2 Å². The average molecular weight is 451 g/mol. The third kappa shape index (κ3) is 6.28. The summed E-state index contributed by atoms with van der Waals surface area (Å²) in [5, 5.41) is 2.96. The first-order valence-electron chi connectivity index (χ1n) is 12.5. The molecule has 2 aliphatic rings. The zero-order valence-electron chi connectivity index (χ0n) is 20.4. The van der Waals surface area contributed by atoms with Crippen LogP contribution in [0, 0.1) is 0 Å². The Labute approximate surface area is 198 Å². The lowest BCUT2D eigenvalue weighted by Crippen LogP contribution is -2.47. The number of aromatic nitrogens is 3. The van der Waals surface area contributed by atoms with Crippen LogP contribution in [0.5, 0.6) is 0 Å². The molecular weight excluding hydrogens is 412 g/mol. The number of carbonyl (C=O) groups excluding carboxylic acids is 1. The molecule has 7 nitrogen and oxygen atoms in total. The molecular formula is C26H38N6O. The third-order valence-electron chi connectivity index (χ3n) is 6.71. The van der Waals surface area contributed by atoms with Gasteiger partial charge in [-0.1, -0.05) is 33.3 Å². The molecule has 1 aliphatic carbocycles. The fourth-order valence-electron chi connectivity index (χ4n) is 4.31. The molecule has 2 aromatic rings. The van der Waals surface area contributed by atoms with Gasteiger partial charge in [0.1, 0.15) is 17.3 Å². The van der Waals surface area contributed by atoms with Gasteiger partial charge in [-0.2, -0.15) is 0 Å². The zero-order chi connectivity index (χ0) is 23.3. The highest BCUT2D eigenvalue weighted by Crippen LogP contribution is 2.37. The summed E-state index contributed by atoms with van der Waals surface area (Å²) < 4.78 is 0. The maximum atomic E-state index is 12.1. The minimum atomic E-state index is -0.0926. The number of nitrogens with one attached hydrogen (secondary N) is 1. The maximum Gasteiger partial charge on any atom is 0.269 e. The van der Waals surface area contributed by atoms with Crippen molar-refractivity contribution >= 4 is 11.7 Å². The Morgan fingerprint density at radius 3 is 2.52 bits per heavy atom. The van der Waals surface area contributed by atoms with Gasteiger partial charge in [-0.3, -0.25) is 14.7 Å². The fraction of sp³-hybridized carbons (Fsp3) is 0.615. The number of carbonyl (C=O) groups is 1. The fourth-order valence-corrected chi connectivity index (χ4v) is 4.31. The van der Waals surface area contributed by atoms with Gasteiger partial charge in [-0.25, -0.2) is 9.97 Å². The van der Waals surface area contributed by atoms with Crippen LogP contribution in [0.2, 0.25) is 0 Å². The first-order chi connectivity index (χ1) is 15.9. The molecule has 7 heteroatoms.